The van der Waals surface area contributed by atoms with Gasteiger partial charge in [0.1, 0.15) is 0 Å². The van der Waals surface area contributed by atoms with Gasteiger partial charge in [-0.3, -0.25) is 0 Å². The highest BCUT2D eigenvalue weighted by Crippen LogP contribution is 2.02. The zero-order valence-electron chi connectivity index (χ0n) is 3.01. The van der Waals surface area contributed by atoms with E-state index in [1.165, 1.54) is 0 Å². The SMILES string of the molecule is COC=PP. The molecule has 0 radical (unpaired) electrons. The van der Waals surface area contributed by atoms with Crippen LogP contribution in [0.3, 0.4) is 0 Å². The minimum atomic E-state index is 1.10. The minimum Gasteiger partial charge on any atom is -0.352 e. The Balaban J connectivity index is 2.62. The molecule has 0 aromatic carbocycles. The highest BCUT2D eigenvalue weighted by Gasteiger charge is 1.49. The van der Waals surface area contributed by atoms with Gasteiger partial charge in [-0.25, -0.2) is 0 Å². The molecule has 0 N–H and O–H groups in total. The fraction of sp³-hybridized carbons (Fsp3) is 0.500. The quantitative estimate of drug-likeness (QED) is 0.457. The van der Waals surface area contributed by atoms with Crippen LogP contribution in [0.2, 0.25) is 0 Å². The van der Waals surface area contributed by atoms with Gasteiger partial charge in [-0.1, -0.05) is 16.8 Å². The fourth-order valence-corrected chi connectivity index (χ4v) is 0.548. The average Bonchev–Trinajstić information content (AvgIpc) is 1.41. The first-order valence-corrected chi connectivity index (χ1v) is 3.74. The van der Waals surface area contributed by atoms with Crippen LogP contribution in [0.15, 0.2) is 0 Å². The Labute approximate surface area is 35.6 Å². The number of methoxy groups -OCH3 is 1. The monoisotopic (exact) mass is 108 g/mol. The molecule has 3 heteroatoms. The first-order chi connectivity index (χ1) is 2.41. The highest BCUT2D eigenvalue weighted by atomic mass is 32.0. The third kappa shape index (κ3) is 4.56. The molecule has 0 fully saturated rings. The van der Waals surface area contributed by atoms with Crippen LogP contribution in [0.5, 0.6) is 0 Å². The zero-order chi connectivity index (χ0) is 4.12. The molecule has 0 amide bonds. The van der Waals surface area contributed by atoms with Crippen LogP contribution >= 0.6 is 16.8 Å². The van der Waals surface area contributed by atoms with Crippen molar-refractivity contribution < 1.29 is 4.74 Å². The molecular formula is C2H6OP2. The van der Waals surface area contributed by atoms with E-state index in [0.29, 0.717) is 0 Å². The largest absolute Gasteiger partial charge is 0.352 e. The van der Waals surface area contributed by atoms with Crippen LogP contribution in [0, 0.1) is 0 Å². The molecule has 0 bridgehead atoms. The van der Waals surface area contributed by atoms with E-state index in [9.17, 15) is 0 Å². The van der Waals surface area contributed by atoms with Crippen molar-refractivity contribution in [1.82, 2.24) is 0 Å². The van der Waals surface area contributed by atoms with Gasteiger partial charge in [-0.2, -0.15) is 0 Å². The van der Waals surface area contributed by atoms with Crippen molar-refractivity contribution in [3.05, 3.63) is 0 Å². The number of rotatable bonds is 1. The summed E-state index contributed by atoms with van der Waals surface area (Å²) in [6.45, 7) is 0. The first-order valence-electron chi connectivity index (χ1n) is 1.16. The van der Waals surface area contributed by atoms with E-state index in [1.807, 2.05) is 0 Å². The molecular weight excluding hydrogens is 102 g/mol. The maximum atomic E-state index is 4.53. The Morgan fingerprint density at radius 3 is 2.60 bits per heavy atom. The molecule has 0 heterocycles. The van der Waals surface area contributed by atoms with Gasteiger partial charge in [-0.15, -0.1) is 0 Å². The second kappa shape index (κ2) is 4.56. The van der Waals surface area contributed by atoms with E-state index in [2.05, 4.69) is 13.7 Å². The van der Waals surface area contributed by atoms with Gasteiger partial charge in [0.15, 0.2) is 0 Å². The Morgan fingerprint density at radius 1 is 2.00 bits per heavy atom. The molecule has 0 aromatic heterocycles. The van der Waals surface area contributed by atoms with E-state index < -0.39 is 0 Å². The van der Waals surface area contributed by atoms with E-state index in [-0.39, 0.29) is 0 Å². The van der Waals surface area contributed by atoms with E-state index in [4.69, 9.17) is 0 Å². The van der Waals surface area contributed by atoms with Gasteiger partial charge >= 0.3 is 0 Å². The van der Waals surface area contributed by atoms with Crippen molar-refractivity contribution in [3.63, 3.8) is 0 Å². The molecule has 0 aliphatic rings. The molecule has 0 aliphatic heterocycles. The van der Waals surface area contributed by atoms with Crippen molar-refractivity contribution >= 4 is 22.8 Å². The third-order valence-electron chi connectivity index (χ3n) is 0.166. The molecule has 30 valence electrons. The van der Waals surface area contributed by atoms with Crippen LogP contribution in [0.1, 0.15) is 0 Å². The lowest BCUT2D eigenvalue weighted by molar-refractivity contribution is 0.432. The minimum absolute atomic E-state index is 1.10. The van der Waals surface area contributed by atoms with Crippen molar-refractivity contribution in [2.75, 3.05) is 7.11 Å². The normalized spacial score (nSPS) is 10.0. The molecule has 1 unspecified atom stereocenters. The molecule has 0 saturated heterocycles. The maximum absolute atomic E-state index is 4.53. The standard InChI is InChI=1S/C2H6OP2/c1-3-2-5-4/h2H,4H2,1H3. The second-order valence-corrected chi connectivity index (χ2v) is 1.89. The molecule has 5 heavy (non-hydrogen) atoms. The summed E-state index contributed by atoms with van der Waals surface area (Å²) in [7, 11) is 5.23. The summed E-state index contributed by atoms with van der Waals surface area (Å²) in [5, 5.41) is 0. The predicted molar refractivity (Wildman–Crippen MR) is 29.7 cm³/mol. The van der Waals surface area contributed by atoms with Gasteiger partial charge in [0.25, 0.3) is 0 Å². The van der Waals surface area contributed by atoms with Crippen LogP contribution in [-0.4, -0.2) is 13.1 Å². The van der Waals surface area contributed by atoms with E-state index in [1.54, 1.807) is 13.1 Å². The number of hydrogen-bond acceptors (Lipinski definition) is 1. The Hall–Kier alpha value is 0.560. The van der Waals surface area contributed by atoms with Crippen molar-refractivity contribution in [2.45, 2.75) is 0 Å². The molecule has 0 aliphatic carbocycles. The van der Waals surface area contributed by atoms with E-state index >= 15 is 0 Å². The van der Waals surface area contributed by atoms with E-state index in [0.717, 1.165) is 7.89 Å². The lowest BCUT2D eigenvalue weighted by atomic mass is 11.5. The van der Waals surface area contributed by atoms with Crippen molar-refractivity contribution in [3.8, 4) is 0 Å². The number of hydrogen-bond donors (Lipinski definition) is 0. The summed E-state index contributed by atoms with van der Waals surface area (Å²) >= 11 is 0. The Morgan fingerprint density at radius 2 is 2.60 bits per heavy atom. The summed E-state index contributed by atoms with van der Waals surface area (Å²) in [4.78, 5) is 0. The van der Waals surface area contributed by atoms with Gasteiger partial charge in [0.05, 0.1) is 5.98 Å². The predicted octanol–water partition coefficient (Wildman–Crippen LogP) is 1.13. The smallest absolute Gasteiger partial charge is 0.0649 e. The molecule has 0 saturated carbocycles. The summed E-state index contributed by atoms with van der Waals surface area (Å²) in [5.41, 5.74) is 0. The average molecular weight is 108 g/mol. The zero-order valence-corrected chi connectivity index (χ0v) is 5.06. The molecule has 0 rings (SSSR count). The summed E-state index contributed by atoms with van der Waals surface area (Å²) in [6, 6.07) is 0. The fourth-order valence-electron chi connectivity index (χ4n) is 0.0609. The molecule has 1 nitrogen and oxygen atoms in total. The van der Waals surface area contributed by atoms with Gasteiger partial charge in [-0.05, 0) is 0 Å². The van der Waals surface area contributed by atoms with Gasteiger partial charge in [0, 0.05) is 7.11 Å². The lowest BCUT2D eigenvalue weighted by Crippen LogP contribution is -1.65. The van der Waals surface area contributed by atoms with Crippen LogP contribution in [0.4, 0.5) is 0 Å². The van der Waals surface area contributed by atoms with Crippen LogP contribution < -0.4 is 0 Å². The lowest BCUT2D eigenvalue weighted by Gasteiger charge is -1.70. The topological polar surface area (TPSA) is 9.23 Å². The summed E-state index contributed by atoms with van der Waals surface area (Å²) in [5.74, 6) is 1.69. The van der Waals surface area contributed by atoms with Crippen LogP contribution in [0.25, 0.3) is 0 Å². The first kappa shape index (κ1) is 5.56. The molecule has 0 aromatic rings. The second-order valence-electron chi connectivity index (χ2n) is 0.490. The highest BCUT2D eigenvalue weighted by molar-refractivity contribution is 8.01. The number of ether oxygens (including phenoxy) is 1. The van der Waals surface area contributed by atoms with Crippen LogP contribution in [-0.2, 0) is 4.74 Å². The molecule has 0 spiro atoms. The molecule has 1 atom stereocenters. The van der Waals surface area contributed by atoms with Gasteiger partial charge < -0.3 is 4.74 Å². The van der Waals surface area contributed by atoms with Crippen molar-refractivity contribution in [2.24, 2.45) is 0 Å². The van der Waals surface area contributed by atoms with Crippen molar-refractivity contribution in [1.29, 1.82) is 0 Å². The Kier molecular flexibility index (Phi) is 5.07. The summed E-state index contributed by atoms with van der Waals surface area (Å²) < 4.78 is 4.53. The maximum Gasteiger partial charge on any atom is 0.0649 e. The Bertz CT molecular complexity index is 34.6. The van der Waals surface area contributed by atoms with Gasteiger partial charge in [0.2, 0.25) is 0 Å². The third-order valence-corrected chi connectivity index (χ3v) is 0.864. The summed E-state index contributed by atoms with van der Waals surface area (Å²) in [6.07, 6.45) is 0.